The second-order valence-corrected chi connectivity index (χ2v) is 5.35. The van der Waals surface area contributed by atoms with E-state index in [0.29, 0.717) is 11.5 Å². The third kappa shape index (κ3) is 4.55. The Hall–Kier alpha value is -0.0400. The maximum atomic E-state index is 3.76. The van der Waals surface area contributed by atoms with Gasteiger partial charge in [0.2, 0.25) is 0 Å². The smallest absolute Gasteiger partial charge is 0.0146 e. The first-order valence-electron chi connectivity index (χ1n) is 6.76. The summed E-state index contributed by atoms with van der Waals surface area (Å²) in [7, 11) is 0. The van der Waals surface area contributed by atoms with E-state index in [0.717, 1.165) is 12.5 Å². The Morgan fingerprint density at radius 2 is 1.53 bits per heavy atom. The molecule has 0 aliphatic rings. The molecule has 0 heterocycles. The first-order valence-corrected chi connectivity index (χ1v) is 6.76. The van der Waals surface area contributed by atoms with Crippen molar-refractivity contribution in [1.82, 2.24) is 5.32 Å². The molecule has 0 aromatic carbocycles. The van der Waals surface area contributed by atoms with Crippen LogP contribution in [0.4, 0.5) is 0 Å². The fourth-order valence-corrected chi connectivity index (χ4v) is 2.36. The molecule has 1 atom stereocenters. The summed E-state index contributed by atoms with van der Waals surface area (Å²) in [6.45, 7) is 15.2. The van der Waals surface area contributed by atoms with Crippen LogP contribution in [-0.4, -0.2) is 12.6 Å². The predicted molar refractivity (Wildman–Crippen MR) is 70.2 cm³/mol. The molecule has 0 aromatic rings. The molecule has 0 spiro atoms. The zero-order valence-corrected chi connectivity index (χ0v) is 11.7. The van der Waals surface area contributed by atoms with E-state index >= 15 is 0 Å². The first kappa shape index (κ1) is 15.0. The Labute approximate surface area is 97.0 Å². The molecule has 0 aliphatic carbocycles. The lowest BCUT2D eigenvalue weighted by molar-refractivity contribution is 0.159. The molecule has 1 N–H and O–H groups in total. The molecule has 0 bridgehead atoms. The minimum absolute atomic E-state index is 0.422. The van der Waals surface area contributed by atoms with Crippen molar-refractivity contribution in [2.45, 2.75) is 73.3 Å². The van der Waals surface area contributed by atoms with Crippen LogP contribution in [0.15, 0.2) is 0 Å². The molecule has 0 aromatic heterocycles. The Kier molecular flexibility index (Phi) is 7.25. The lowest BCUT2D eigenvalue weighted by Gasteiger charge is -2.39. The van der Waals surface area contributed by atoms with Crippen LogP contribution in [-0.2, 0) is 0 Å². The minimum atomic E-state index is 0.422. The lowest BCUT2D eigenvalue weighted by atomic mass is 9.73. The van der Waals surface area contributed by atoms with Gasteiger partial charge in [0.05, 0.1) is 0 Å². The summed E-state index contributed by atoms with van der Waals surface area (Å²) in [6.07, 6.45) is 5.07. The van der Waals surface area contributed by atoms with Gasteiger partial charge in [-0.3, -0.25) is 0 Å². The van der Waals surface area contributed by atoms with Gasteiger partial charge in [-0.1, -0.05) is 54.4 Å². The highest BCUT2D eigenvalue weighted by Gasteiger charge is 2.31. The summed E-state index contributed by atoms with van der Waals surface area (Å²) in [5.41, 5.74) is 0.422. The monoisotopic (exact) mass is 213 g/mol. The maximum absolute atomic E-state index is 3.76. The molecule has 0 saturated heterocycles. The van der Waals surface area contributed by atoms with E-state index in [1.54, 1.807) is 0 Å². The average Bonchev–Trinajstić information content (AvgIpc) is 2.24. The van der Waals surface area contributed by atoms with Crippen LogP contribution in [0.1, 0.15) is 67.2 Å². The molecule has 0 radical (unpaired) electrons. The zero-order valence-electron chi connectivity index (χ0n) is 11.7. The molecule has 0 amide bonds. The molecular formula is C14H31N. The summed E-state index contributed by atoms with van der Waals surface area (Å²) in [5.74, 6) is 0.825. The molecule has 15 heavy (non-hydrogen) atoms. The summed E-state index contributed by atoms with van der Waals surface area (Å²) >= 11 is 0. The Balaban J connectivity index is 4.54. The van der Waals surface area contributed by atoms with Crippen LogP contribution in [0.25, 0.3) is 0 Å². The number of nitrogens with one attached hydrogen (secondary N) is 1. The molecule has 92 valence electrons. The van der Waals surface area contributed by atoms with E-state index in [4.69, 9.17) is 0 Å². The number of hydrogen-bond donors (Lipinski definition) is 1. The quantitative estimate of drug-likeness (QED) is 0.636. The maximum Gasteiger partial charge on any atom is 0.0146 e. The van der Waals surface area contributed by atoms with Crippen LogP contribution < -0.4 is 5.32 Å². The lowest BCUT2D eigenvalue weighted by Crippen LogP contribution is -2.47. The van der Waals surface area contributed by atoms with Gasteiger partial charge in [-0.15, -0.1) is 0 Å². The Bertz CT molecular complexity index is 147. The third-order valence-corrected chi connectivity index (χ3v) is 3.89. The van der Waals surface area contributed by atoms with Gasteiger partial charge in [0.15, 0.2) is 0 Å². The molecule has 0 saturated carbocycles. The molecule has 1 unspecified atom stereocenters. The molecule has 0 aliphatic heterocycles. The van der Waals surface area contributed by atoms with Gasteiger partial charge >= 0.3 is 0 Å². The second kappa shape index (κ2) is 7.27. The minimum Gasteiger partial charge on any atom is -0.313 e. The van der Waals surface area contributed by atoms with Crippen molar-refractivity contribution in [3.05, 3.63) is 0 Å². The average molecular weight is 213 g/mol. The third-order valence-electron chi connectivity index (χ3n) is 3.89. The topological polar surface area (TPSA) is 12.0 Å². The van der Waals surface area contributed by atoms with Crippen molar-refractivity contribution in [2.75, 3.05) is 6.54 Å². The summed E-state index contributed by atoms with van der Waals surface area (Å²) in [4.78, 5) is 0. The molecule has 1 nitrogen and oxygen atoms in total. The van der Waals surface area contributed by atoms with Crippen LogP contribution in [0.3, 0.4) is 0 Å². The fraction of sp³-hybridized carbons (Fsp3) is 1.00. The van der Waals surface area contributed by atoms with Crippen molar-refractivity contribution >= 4 is 0 Å². The van der Waals surface area contributed by atoms with Crippen LogP contribution in [0.5, 0.6) is 0 Å². The van der Waals surface area contributed by atoms with Gasteiger partial charge in [-0.25, -0.2) is 0 Å². The van der Waals surface area contributed by atoms with Gasteiger partial charge in [0, 0.05) is 6.04 Å². The van der Waals surface area contributed by atoms with Crippen molar-refractivity contribution in [2.24, 2.45) is 11.3 Å². The van der Waals surface area contributed by atoms with Gasteiger partial charge in [-0.05, 0) is 30.7 Å². The van der Waals surface area contributed by atoms with E-state index in [-0.39, 0.29) is 0 Å². The first-order chi connectivity index (χ1) is 7.03. The predicted octanol–water partition coefficient (Wildman–Crippen LogP) is 4.23. The zero-order chi connectivity index (χ0) is 11.9. The highest BCUT2D eigenvalue weighted by atomic mass is 14.9. The Morgan fingerprint density at radius 3 is 1.87 bits per heavy atom. The van der Waals surface area contributed by atoms with Crippen molar-refractivity contribution < 1.29 is 0 Å². The van der Waals surface area contributed by atoms with Crippen molar-refractivity contribution in [1.29, 1.82) is 0 Å². The summed E-state index contributed by atoms with van der Waals surface area (Å²) in [5, 5.41) is 3.76. The van der Waals surface area contributed by atoms with E-state index in [2.05, 4.69) is 46.9 Å². The largest absolute Gasteiger partial charge is 0.313 e. The fourth-order valence-electron chi connectivity index (χ4n) is 2.36. The molecule has 0 fully saturated rings. The normalized spacial score (nSPS) is 14.6. The SMILES string of the molecule is CCCNC(C(CC)CC)C(C)(C)CC. The standard InChI is InChI=1S/C14H31N/c1-7-11-15-13(12(8-2)9-3)14(5,6)10-4/h12-13,15H,7-11H2,1-6H3. The van der Waals surface area contributed by atoms with Crippen LogP contribution in [0.2, 0.25) is 0 Å². The van der Waals surface area contributed by atoms with E-state index < -0.39 is 0 Å². The van der Waals surface area contributed by atoms with Gasteiger partial charge in [0.25, 0.3) is 0 Å². The highest BCUT2D eigenvalue weighted by Crippen LogP contribution is 2.32. The molecular weight excluding hydrogens is 182 g/mol. The van der Waals surface area contributed by atoms with E-state index in [1.165, 1.54) is 25.7 Å². The summed E-state index contributed by atoms with van der Waals surface area (Å²) < 4.78 is 0. The Morgan fingerprint density at radius 1 is 1.00 bits per heavy atom. The van der Waals surface area contributed by atoms with Crippen LogP contribution in [0, 0.1) is 11.3 Å². The molecule has 0 rings (SSSR count). The van der Waals surface area contributed by atoms with E-state index in [9.17, 15) is 0 Å². The molecule has 1 heteroatoms. The van der Waals surface area contributed by atoms with Crippen molar-refractivity contribution in [3.63, 3.8) is 0 Å². The second-order valence-electron chi connectivity index (χ2n) is 5.35. The van der Waals surface area contributed by atoms with E-state index in [1.807, 2.05) is 0 Å². The van der Waals surface area contributed by atoms with Crippen LogP contribution >= 0.6 is 0 Å². The number of hydrogen-bond acceptors (Lipinski definition) is 1. The highest BCUT2D eigenvalue weighted by molar-refractivity contribution is 4.87. The van der Waals surface area contributed by atoms with Gasteiger partial charge < -0.3 is 5.32 Å². The number of rotatable bonds is 8. The van der Waals surface area contributed by atoms with Crippen molar-refractivity contribution in [3.8, 4) is 0 Å². The van der Waals surface area contributed by atoms with Gasteiger partial charge in [0.1, 0.15) is 0 Å². The summed E-state index contributed by atoms with van der Waals surface area (Å²) in [6, 6.07) is 0.678. The van der Waals surface area contributed by atoms with Gasteiger partial charge in [-0.2, -0.15) is 0 Å².